The number of amides is 3. The molecule has 0 bridgehead atoms. The Morgan fingerprint density at radius 3 is 2.43 bits per heavy atom. The van der Waals surface area contributed by atoms with Gasteiger partial charge in [-0.3, -0.25) is 29.4 Å². The number of rotatable bonds is 11. The summed E-state index contributed by atoms with van der Waals surface area (Å²) in [6.45, 7) is 4.85. The number of benzene rings is 4. The second-order valence-electron chi connectivity index (χ2n) is 14.9. The lowest BCUT2D eigenvalue weighted by Gasteiger charge is -2.31. The molecule has 1 saturated heterocycles. The molecule has 4 atom stereocenters. The van der Waals surface area contributed by atoms with Crippen molar-refractivity contribution in [2.24, 2.45) is 5.92 Å². The molecule has 3 amide bonds. The topological polar surface area (TPSA) is 134 Å². The number of fused-ring (bicyclic) bond motifs is 3. The molecule has 3 heterocycles. The summed E-state index contributed by atoms with van der Waals surface area (Å²) in [5.74, 6) is -1.68. The quantitative estimate of drug-likeness (QED) is 0.0760. The van der Waals surface area contributed by atoms with E-state index in [0.717, 1.165) is 16.8 Å². The van der Waals surface area contributed by atoms with Crippen molar-refractivity contribution in [3.8, 4) is 0 Å². The number of aliphatic hydroxyl groups excluding tert-OH is 1. The number of anilines is 3. The van der Waals surface area contributed by atoms with E-state index in [-0.39, 0.29) is 55.7 Å². The van der Waals surface area contributed by atoms with Crippen LogP contribution >= 0.6 is 0 Å². The van der Waals surface area contributed by atoms with Gasteiger partial charge < -0.3 is 23.8 Å². The van der Waals surface area contributed by atoms with E-state index in [1.807, 2.05) is 78.9 Å². The number of para-hydroxylation sites is 1. The van der Waals surface area contributed by atoms with Crippen molar-refractivity contribution >= 4 is 48.9 Å². The molecule has 4 aromatic carbocycles. The van der Waals surface area contributed by atoms with Crippen LogP contribution < -0.4 is 9.80 Å². The number of nitro benzene ring substituents is 1. The Balaban J connectivity index is 1.24. The number of aliphatic hydroxyl groups is 1. The number of non-ortho nitro benzene ring substituents is 1. The average Bonchev–Trinajstić information content (AvgIpc) is 3.57. The van der Waals surface area contributed by atoms with Crippen LogP contribution in [0.5, 0.6) is 0 Å². The first kappa shape index (κ1) is 37.1. The first-order valence-electron chi connectivity index (χ1n) is 18.2. The van der Waals surface area contributed by atoms with Gasteiger partial charge in [-0.2, -0.15) is 0 Å². The van der Waals surface area contributed by atoms with Crippen LogP contribution in [0.15, 0.2) is 97.1 Å². The Kier molecular flexibility index (Phi) is 9.98. The van der Waals surface area contributed by atoms with Gasteiger partial charge in [0.05, 0.1) is 42.0 Å². The second kappa shape index (κ2) is 14.5. The Morgan fingerprint density at radius 2 is 1.70 bits per heavy atom. The minimum Gasteiger partial charge on any atom is -0.395 e. The molecule has 280 valence electrons. The number of ether oxygens (including phenoxy) is 1. The molecule has 7 rings (SSSR count). The summed E-state index contributed by atoms with van der Waals surface area (Å²) in [7, 11) is -3.67. The van der Waals surface area contributed by atoms with Crippen LogP contribution in [0.3, 0.4) is 0 Å². The largest absolute Gasteiger partial charge is 0.395 e. The third kappa shape index (κ3) is 6.60. The van der Waals surface area contributed by atoms with Crippen molar-refractivity contribution < 1.29 is 33.3 Å². The Bertz CT molecular complexity index is 2110. The number of carbonyl (C=O) groups excluding carboxylic acids is 3. The van der Waals surface area contributed by atoms with Gasteiger partial charge in [0.1, 0.15) is 0 Å². The average molecular weight is 751 g/mol. The third-order valence-corrected chi connectivity index (χ3v) is 13.5. The zero-order chi connectivity index (χ0) is 38.4. The summed E-state index contributed by atoms with van der Waals surface area (Å²) in [5, 5.41) is 21.9. The van der Waals surface area contributed by atoms with Crippen LogP contribution in [0.2, 0.25) is 18.6 Å². The van der Waals surface area contributed by atoms with Gasteiger partial charge in [0, 0.05) is 54.4 Å². The first-order valence-corrected chi connectivity index (χ1v) is 21.2. The van der Waals surface area contributed by atoms with Crippen molar-refractivity contribution in [2.45, 2.75) is 69.6 Å². The van der Waals surface area contributed by atoms with Gasteiger partial charge in [-0.25, -0.2) is 0 Å². The molecule has 11 nitrogen and oxygen atoms in total. The highest BCUT2D eigenvalue weighted by atomic mass is 28.4. The molecule has 0 radical (unpaired) electrons. The lowest BCUT2D eigenvalue weighted by Crippen LogP contribution is -2.45. The molecule has 3 aliphatic rings. The van der Waals surface area contributed by atoms with Gasteiger partial charge in [0.2, 0.25) is 20.2 Å². The molecule has 4 aromatic rings. The molecular weight excluding hydrogens is 708 g/mol. The van der Waals surface area contributed by atoms with E-state index in [0.29, 0.717) is 29.8 Å². The van der Waals surface area contributed by atoms with E-state index in [1.54, 1.807) is 11.8 Å². The van der Waals surface area contributed by atoms with E-state index in [4.69, 9.17) is 4.74 Å². The van der Waals surface area contributed by atoms with Gasteiger partial charge >= 0.3 is 0 Å². The van der Waals surface area contributed by atoms with Crippen LogP contribution in [0, 0.1) is 16.0 Å². The van der Waals surface area contributed by atoms with Crippen LogP contribution in [-0.4, -0.2) is 60.3 Å². The van der Waals surface area contributed by atoms with Crippen molar-refractivity contribution in [3.05, 3.63) is 129 Å². The predicted molar refractivity (Wildman–Crippen MR) is 204 cm³/mol. The molecule has 1 spiro atoms. The summed E-state index contributed by atoms with van der Waals surface area (Å²) in [4.78, 5) is 58.4. The summed E-state index contributed by atoms with van der Waals surface area (Å²) in [5.41, 5.74) is 1.87. The second-order valence-corrected chi connectivity index (χ2v) is 18.7. The summed E-state index contributed by atoms with van der Waals surface area (Å²) >= 11 is 0. The fourth-order valence-corrected chi connectivity index (χ4v) is 11.2. The van der Waals surface area contributed by atoms with Crippen molar-refractivity contribution in [3.63, 3.8) is 0 Å². The van der Waals surface area contributed by atoms with Crippen molar-refractivity contribution in [1.82, 2.24) is 4.90 Å². The highest BCUT2D eigenvalue weighted by Gasteiger charge is 2.67. The predicted octanol–water partition coefficient (Wildman–Crippen LogP) is 6.94. The lowest BCUT2D eigenvalue weighted by molar-refractivity contribution is -0.385. The van der Waals surface area contributed by atoms with Gasteiger partial charge in [0.25, 0.3) is 11.6 Å². The highest BCUT2D eigenvalue weighted by Crippen LogP contribution is 2.60. The molecular formula is C41H43FN4O7Si. The SMILES string of the molecule is C[C@H]1[C@H]([Si](C)(C)F)[C@@H](CC(=O)N(CCO)Cc2ccccc2)O[C@]12C(=O)N(Cc1cccc(N3C(=O)CCc4ccccc43)c1)c1ccc([N+](=O)[O-])cc12. The number of aryl methyl sites for hydroxylation is 1. The molecule has 3 aliphatic heterocycles. The molecule has 0 unspecified atom stereocenters. The van der Waals surface area contributed by atoms with Crippen molar-refractivity contribution in [2.75, 3.05) is 23.0 Å². The minimum atomic E-state index is -3.67. The number of hydrogen-bond donors (Lipinski definition) is 1. The first-order chi connectivity index (χ1) is 25.8. The van der Waals surface area contributed by atoms with E-state index in [2.05, 4.69) is 0 Å². The fourth-order valence-electron chi connectivity index (χ4n) is 8.71. The van der Waals surface area contributed by atoms with Crippen molar-refractivity contribution in [1.29, 1.82) is 0 Å². The molecule has 54 heavy (non-hydrogen) atoms. The van der Waals surface area contributed by atoms with Crippen LogP contribution in [0.25, 0.3) is 0 Å². The number of nitro groups is 1. The molecule has 0 saturated carbocycles. The van der Waals surface area contributed by atoms with Gasteiger partial charge in [-0.1, -0.05) is 67.6 Å². The number of halogens is 1. The van der Waals surface area contributed by atoms with Crippen LogP contribution in [-0.2, 0) is 44.2 Å². The number of carbonyl (C=O) groups is 3. The minimum absolute atomic E-state index is 0.0427. The number of nitrogens with zero attached hydrogens (tertiary/aromatic N) is 4. The van der Waals surface area contributed by atoms with Gasteiger partial charge in [-0.05, 0) is 60.5 Å². The standard InChI is InChI=1S/C41H43FN4O7Si/c1-27-39(54(2,3)42)36(24-38(49)43(20-21-47)25-28-10-5-4-6-11-28)53-41(27)33-23-32(46(51)52)17-18-35(33)44(40(41)50)26-29-12-9-14-31(22-29)45-34-15-8-7-13-30(34)16-19-37(45)48/h4-15,17-18,22-23,27,36,39,47H,16,19-21,24-26H2,1-3H3/t27-,36+,39-,41+/m0/s1. The van der Waals surface area contributed by atoms with Crippen LogP contribution in [0.1, 0.15) is 42.0 Å². The summed E-state index contributed by atoms with van der Waals surface area (Å²) in [6, 6.07) is 28.6. The molecule has 0 aliphatic carbocycles. The van der Waals surface area contributed by atoms with Crippen LogP contribution in [0.4, 0.5) is 26.9 Å². The maximum absolute atomic E-state index is 16.5. The normalized spacial score (nSPS) is 22.1. The zero-order valence-electron chi connectivity index (χ0n) is 30.5. The monoisotopic (exact) mass is 750 g/mol. The zero-order valence-corrected chi connectivity index (χ0v) is 31.5. The van der Waals surface area contributed by atoms with Gasteiger partial charge in [0.15, 0.2) is 5.60 Å². The molecule has 0 aromatic heterocycles. The van der Waals surface area contributed by atoms with E-state index < -0.39 is 42.4 Å². The molecule has 1 fully saturated rings. The summed E-state index contributed by atoms with van der Waals surface area (Å²) in [6.07, 6.45) is -0.246. The Morgan fingerprint density at radius 1 is 0.981 bits per heavy atom. The molecule has 1 N–H and O–H groups in total. The Hall–Kier alpha value is -5.24. The number of hydrogen-bond acceptors (Lipinski definition) is 7. The Labute approximate surface area is 314 Å². The maximum atomic E-state index is 16.5. The highest BCUT2D eigenvalue weighted by molar-refractivity contribution is 6.72. The fraction of sp³-hybridized carbons (Fsp3) is 0.341. The smallest absolute Gasteiger partial charge is 0.269 e. The molecule has 13 heteroatoms. The van der Waals surface area contributed by atoms with E-state index >= 15 is 4.11 Å². The van der Waals surface area contributed by atoms with E-state index in [1.165, 1.54) is 41.1 Å². The van der Waals surface area contributed by atoms with E-state index in [9.17, 15) is 29.6 Å². The third-order valence-electron chi connectivity index (χ3n) is 11.1. The summed E-state index contributed by atoms with van der Waals surface area (Å²) < 4.78 is 23.3. The van der Waals surface area contributed by atoms with Gasteiger partial charge in [-0.15, -0.1) is 0 Å². The lowest BCUT2D eigenvalue weighted by atomic mass is 9.82. The maximum Gasteiger partial charge on any atom is 0.269 e.